The highest BCUT2D eigenvalue weighted by atomic mass is 32.2. The maximum atomic E-state index is 12.5. The van der Waals surface area contributed by atoms with E-state index in [1.54, 1.807) is 32.1 Å². The minimum absolute atomic E-state index is 0.164. The highest BCUT2D eigenvalue weighted by Crippen LogP contribution is 2.35. The van der Waals surface area contributed by atoms with E-state index in [1.165, 1.54) is 16.9 Å². The molecule has 0 fully saturated rings. The molecule has 0 aliphatic rings. The van der Waals surface area contributed by atoms with Gasteiger partial charge in [-0.2, -0.15) is 4.99 Å². The van der Waals surface area contributed by atoms with Gasteiger partial charge < -0.3 is 14.0 Å². The summed E-state index contributed by atoms with van der Waals surface area (Å²) in [6.07, 6.45) is 1.78. The van der Waals surface area contributed by atoms with Crippen molar-refractivity contribution in [3.63, 3.8) is 0 Å². The van der Waals surface area contributed by atoms with Crippen molar-refractivity contribution in [2.24, 2.45) is 4.99 Å². The molecule has 3 rings (SSSR count). The van der Waals surface area contributed by atoms with Crippen LogP contribution >= 0.6 is 23.1 Å². The minimum Gasteiger partial charge on any atom is -0.495 e. The third-order valence-corrected chi connectivity index (χ3v) is 6.14. The van der Waals surface area contributed by atoms with E-state index in [9.17, 15) is 4.79 Å². The van der Waals surface area contributed by atoms with Crippen LogP contribution in [0.2, 0.25) is 0 Å². The van der Waals surface area contributed by atoms with E-state index in [0.29, 0.717) is 22.8 Å². The lowest BCUT2D eigenvalue weighted by molar-refractivity contribution is -0.115. The number of hydrogen-bond donors (Lipinski definition) is 0. The zero-order valence-corrected chi connectivity index (χ0v) is 17.5. The molecule has 146 valence electrons. The van der Waals surface area contributed by atoms with Gasteiger partial charge in [-0.1, -0.05) is 47.7 Å². The lowest BCUT2D eigenvalue weighted by atomic mass is 10.2. The van der Waals surface area contributed by atoms with Gasteiger partial charge >= 0.3 is 0 Å². The third-order valence-electron chi connectivity index (χ3n) is 4.06. The average Bonchev–Trinajstić information content (AvgIpc) is 3.06. The second kappa shape index (κ2) is 9.61. The molecule has 0 atom stereocenters. The molecule has 1 amide bonds. The number of hydrogen-bond acceptors (Lipinski definition) is 5. The van der Waals surface area contributed by atoms with Crippen LogP contribution in [0.1, 0.15) is 5.56 Å². The van der Waals surface area contributed by atoms with Crippen molar-refractivity contribution in [1.82, 2.24) is 4.57 Å². The molecule has 0 spiro atoms. The molecule has 5 nitrogen and oxygen atoms in total. The summed E-state index contributed by atoms with van der Waals surface area (Å²) in [5, 5.41) is 0. The van der Waals surface area contributed by atoms with Gasteiger partial charge in [0, 0.05) is 12.3 Å². The number of thiazole rings is 1. The summed E-state index contributed by atoms with van der Waals surface area (Å²) in [5.41, 5.74) is 2.05. The molecule has 0 unspecified atom stereocenters. The molecule has 1 heterocycles. The van der Waals surface area contributed by atoms with E-state index < -0.39 is 0 Å². The summed E-state index contributed by atoms with van der Waals surface area (Å²) in [7, 11) is 3.25. The van der Waals surface area contributed by atoms with Crippen LogP contribution < -0.4 is 14.3 Å². The SMILES string of the molecule is C=CCn1c(=NC(=O)CSCc2ccccc2)sc2c(OC)ccc(OC)c21. The number of carbonyl (C=O) groups is 1. The first-order chi connectivity index (χ1) is 13.7. The van der Waals surface area contributed by atoms with E-state index >= 15 is 0 Å². The van der Waals surface area contributed by atoms with Crippen LogP contribution in [0, 0.1) is 0 Å². The van der Waals surface area contributed by atoms with Crippen LogP contribution in [0.25, 0.3) is 10.2 Å². The fourth-order valence-electron chi connectivity index (χ4n) is 2.81. The van der Waals surface area contributed by atoms with Gasteiger partial charge in [0.25, 0.3) is 5.91 Å². The van der Waals surface area contributed by atoms with Crippen molar-refractivity contribution >= 4 is 39.2 Å². The number of allylic oxidation sites excluding steroid dienone is 1. The molecule has 7 heteroatoms. The molecular weight excluding hydrogens is 392 g/mol. The Balaban J connectivity index is 1.91. The Morgan fingerprint density at radius 3 is 2.57 bits per heavy atom. The molecule has 0 aliphatic heterocycles. The monoisotopic (exact) mass is 414 g/mol. The Hall–Kier alpha value is -2.51. The summed E-state index contributed by atoms with van der Waals surface area (Å²) < 4.78 is 13.8. The molecular formula is C21H22N2O3S2. The number of carbonyl (C=O) groups excluding carboxylic acids is 1. The molecule has 0 bridgehead atoms. The van der Waals surface area contributed by atoms with Crippen LogP contribution in [0.5, 0.6) is 11.5 Å². The number of amides is 1. The van der Waals surface area contributed by atoms with Crippen molar-refractivity contribution in [2.45, 2.75) is 12.3 Å². The van der Waals surface area contributed by atoms with Gasteiger partial charge in [-0.15, -0.1) is 18.3 Å². The molecule has 0 N–H and O–H groups in total. The number of fused-ring (bicyclic) bond motifs is 1. The van der Waals surface area contributed by atoms with E-state index in [1.807, 2.05) is 34.9 Å². The Bertz CT molecular complexity index is 1040. The first kappa shape index (κ1) is 20.2. The van der Waals surface area contributed by atoms with Crippen molar-refractivity contribution in [2.75, 3.05) is 20.0 Å². The normalized spacial score (nSPS) is 11.6. The predicted octanol–water partition coefficient (Wildman–Crippen LogP) is 4.27. The average molecular weight is 415 g/mol. The smallest absolute Gasteiger partial charge is 0.258 e. The molecule has 28 heavy (non-hydrogen) atoms. The Morgan fingerprint density at radius 1 is 1.18 bits per heavy atom. The number of nitrogens with zero attached hydrogens (tertiary/aromatic N) is 2. The fraction of sp³-hybridized carbons (Fsp3) is 0.238. The molecule has 0 aliphatic carbocycles. The first-order valence-electron chi connectivity index (χ1n) is 8.72. The van der Waals surface area contributed by atoms with Crippen molar-refractivity contribution < 1.29 is 14.3 Å². The highest BCUT2D eigenvalue weighted by Gasteiger charge is 2.16. The lowest BCUT2D eigenvalue weighted by Gasteiger charge is -2.08. The summed E-state index contributed by atoms with van der Waals surface area (Å²) in [4.78, 5) is 17.4. The summed E-state index contributed by atoms with van der Waals surface area (Å²) >= 11 is 2.97. The van der Waals surface area contributed by atoms with Crippen LogP contribution in [-0.2, 0) is 17.1 Å². The summed E-state index contributed by atoms with van der Waals surface area (Å²) in [6.45, 7) is 4.35. The highest BCUT2D eigenvalue weighted by molar-refractivity contribution is 7.99. The van der Waals surface area contributed by atoms with E-state index in [2.05, 4.69) is 23.7 Å². The largest absolute Gasteiger partial charge is 0.495 e. The summed E-state index contributed by atoms with van der Waals surface area (Å²) in [5.74, 6) is 2.38. The molecule has 2 aromatic carbocycles. The van der Waals surface area contributed by atoms with Crippen LogP contribution in [0.15, 0.2) is 60.1 Å². The second-order valence-electron chi connectivity index (χ2n) is 5.92. The van der Waals surface area contributed by atoms with Gasteiger partial charge in [0.1, 0.15) is 21.7 Å². The Kier molecular flexibility index (Phi) is 6.95. The number of benzene rings is 2. The maximum Gasteiger partial charge on any atom is 0.258 e. The Morgan fingerprint density at radius 2 is 1.89 bits per heavy atom. The first-order valence-corrected chi connectivity index (χ1v) is 10.7. The topological polar surface area (TPSA) is 52.8 Å². The second-order valence-corrected chi connectivity index (χ2v) is 7.88. The number of aromatic nitrogens is 1. The maximum absolute atomic E-state index is 12.5. The van der Waals surface area contributed by atoms with Crippen molar-refractivity contribution in [1.29, 1.82) is 0 Å². The summed E-state index contributed by atoms with van der Waals surface area (Å²) in [6, 6.07) is 13.8. The standard InChI is InChI=1S/C21H22N2O3S2/c1-4-12-23-19-16(25-2)10-11-17(26-3)20(19)28-21(23)22-18(24)14-27-13-15-8-6-5-7-9-15/h4-11H,1,12-14H2,2-3H3. The zero-order chi connectivity index (χ0) is 19.9. The van der Waals surface area contributed by atoms with Crippen molar-refractivity contribution in [3.05, 3.63) is 65.5 Å². The van der Waals surface area contributed by atoms with E-state index in [-0.39, 0.29) is 5.91 Å². The quantitative estimate of drug-likeness (QED) is 0.517. The number of ether oxygens (including phenoxy) is 2. The van der Waals surface area contributed by atoms with Crippen LogP contribution in [0.3, 0.4) is 0 Å². The van der Waals surface area contributed by atoms with Gasteiger partial charge in [0.2, 0.25) is 0 Å². The van der Waals surface area contributed by atoms with Gasteiger partial charge in [-0.3, -0.25) is 4.79 Å². The molecule has 1 aromatic heterocycles. The van der Waals surface area contributed by atoms with Crippen LogP contribution in [-0.4, -0.2) is 30.4 Å². The van der Waals surface area contributed by atoms with Gasteiger partial charge in [-0.25, -0.2) is 0 Å². The molecule has 0 saturated heterocycles. The van der Waals surface area contributed by atoms with E-state index in [0.717, 1.165) is 21.7 Å². The van der Waals surface area contributed by atoms with Crippen LogP contribution in [0.4, 0.5) is 0 Å². The van der Waals surface area contributed by atoms with Gasteiger partial charge in [0.05, 0.1) is 20.0 Å². The number of methoxy groups -OCH3 is 2. The Labute approximate surface area is 172 Å². The zero-order valence-electron chi connectivity index (χ0n) is 15.9. The lowest BCUT2D eigenvalue weighted by Crippen LogP contribution is -2.17. The fourth-order valence-corrected chi connectivity index (χ4v) is 4.74. The molecule has 0 radical (unpaired) electrons. The predicted molar refractivity (Wildman–Crippen MR) is 116 cm³/mol. The third kappa shape index (κ3) is 4.48. The molecule has 0 saturated carbocycles. The minimum atomic E-state index is -0.164. The number of thioether (sulfide) groups is 1. The van der Waals surface area contributed by atoms with Crippen molar-refractivity contribution in [3.8, 4) is 11.5 Å². The number of rotatable bonds is 8. The van der Waals surface area contributed by atoms with Gasteiger partial charge in [0.15, 0.2) is 4.80 Å². The molecule has 3 aromatic rings. The van der Waals surface area contributed by atoms with Gasteiger partial charge in [-0.05, 0) is 17.7 Å². The van der Waals surface area contributed by atoms with E-state index in [4.69, 9.17) is 9.47 Å².